The highest BCUT2D eigenvalue weighted by Gasteiger charge is 2.72. The average Bonchev–Trinajstić information content (AvgIpc) is 3.79. The van der Waals surface area contributed by atoms with Crippen molar-refractivity contribution in [2.24, 2.45) is 56.7 Å². The maximum Gasteiger partial charge on any atom is 0.302 e. The molecular weight excluding hydrogens is 606 g/mol. The van der Waals surface area contributed by atoms with E-state index in [-0.39, 0.29) is 45.2 Å². The smallest absolute Gasteiger partial charge is 0.302 e. The first-order chi connectivity index (χ1) is 23.2. The molecule has 6 heteroatoms. The van der Waals surface area contributed by atoms with E-state index in [1.807, 2.05) is 6.07 Å². The van der Waals surface area contributed by atoms with Gasteiger partial charge >= 0.3 is 5.97 Å². The van der Waals surface area contributed by atoms with E-state index in [0.29, 0.717) is 35.5 Å². The van der Waals surface area contributed by atoms with Gasteiger partial charge in [-0.3, -0.25) is 9.59 Å². The van der Waals surface area contributed by atoms with Gasteiger partial charge in [0.15, 0.2) is 0 Å². The van der Waals surface area contributed by atoms with Crippen molar-refractivity contribution in [3.8, 4) is 0 Å². The number of benzene rings is 1. The minimum Gasteiger partial charge on any atom is -0.462 e. The number of nitrogens with zero attached hydrogens (tertiary/aromatic N) is 2. The molecule has 8 rings (SSSR count). The zero-order chi connectivity index (χ0) is 34.7. The van der Waals surface area contributed by atoms with Gasteiger partial charge in [0.25, 0.3) is 0 Å². The van der Waals surface area contributed by atoms with Crippen molar-refractivity contribution in [2.45, 2.75) is 138 Å². The highest BCUT2D eigenvalue weighted by Crippen LogP contribution is 2.78. The number of H-pyrrole nitrogens is 1. The van der Waals surface area contributed by atoms with E-state index in [9.17, 15) is 4.79 Å². The number of aromatic nitrogens is 2. The van der Waals surface area contributed by atoms with Gasteiger partial charge in [-0.25, -0.2) is 4.98 Å². The number of fused-ring (bicyclic) bond motifs is 8. The predicted octanol–water partition coefficient (Wildman–Crippen LogP) is 9.82. The molecule has 6 aliphatic rings. The van der Waals surface area contributed by atoms with Crippen LogP contribution in [0.15, 0.2) is 36.4 Å². The number of imidazole rings is 1. The van der Waals surface area contributed by atoms with Crippen LogP contribution in [0.5, 0.6) is 0 Å². The third-order valence-electron chi connectivity index (χ3n) is 17.0. The highest BCUT2D eigenvalue weighted by molar-refractivity contribution is 5.85. The lowest BCUT2D eigenvalue weighted by molar-refractivity contribution is -0.249. The number of esters is 1. The normalized spacial score (nSPS) is 44.1. The molecule has 11 atom stereocenters. The molecular formula is C43H61N3O3. The summed E-state index contributed by atoms with van der Waals surface area (Å²) in [4.78, 5) is 38.3. The number of para-hydroxylation sites is 2. The molecule has 1 N–H and O–H groups in total. The zero-order valence-corrected chi connectivity index (χ0v) is 31.4. The standard InChI is InChI=1S/C43H61N3O3/c1-26(2)28-17-22-43(38(48)46-25-11-14-32(46)37-44-30-12-9-10-13-31(30)45-37)24-23-41(7)29(36(28)43)15-16-34-40(6)20-19-35(49-27(3)47)39(4,5)33(40)18-21-42(34,41)8/h9-10,12-13,28-29,32-36H,1,11,14-25H2,2-8H3,(H,44,45)/t28-,29+,32-,33-,34+,35-,36+,40-,41+,42+,43-/m0/s1. The minimum atomic E-state index is -0.309. The van der Waals surface area contributed by atoms with Gasteiger partial charge < -0.3 is 14.6 Å². The number of hydrogen-bond acceptors (Lipinski definition) is 4. The second-order valence-electron chi connectivity index (χ2n) is 19.1. The van der Waals surface area contributed by atoms with Crippen LogP contribution in [0.4, 0.5) is 0 Å². The van der Waals surface area contributed by atoms with Gasteiger partial charge in [-0.1, -0.05) is 58.9 Å². The van der Waals surface area contributed by atoms with Crippen LogP contribution in [-0.2, 0) is 14.3 Å². The number of hydrogen-bond donors (Lipinski definition) is 1. The van der Waals surface area contributed by atoms with Crippen LogP contribution in [0.3, 0.4) is 0 Å². The molecule has 0 spiro atoms. The van der Waals surface area contributed by atoms with E-state index in [1.54, 1.807) is 6.92 Å². The summed E-state index contributed by atoms with van der Waals surface area (Å²) in [6.45, 7) is 22.0. The Morgan fingerprint density at radius 2 is 1.65 bits per heavy atom. The van der Waals surface area contributed by atoms with Crippen molar-refractivity contribution in [3.05, 3.63) is 42.2 Å². The Labute approximate surface area is 294 Å². The van der Waals surface area contributed by atoms with E-state index < -0.39 is 0 Å². The third kappa shape index (κ3) is 4.52. The highest BCUT2D eigenvalue weighted by atomic mass is 16.5. The topological polar surface area (TPSA) is 75.3 Å². The van der Waals surface area contributed by atoms with E-state index in [1.165, 1.54) is 31.3 Å². The number of likely N-dealkylation sites (tertiary alicyclic amines) is 1. The molecule has 5 saturated carbocycles. The Hall–Kier alpha value is -2.63. The number of amides is 1. The van der Waals surface area contributed by atoms with Crippen molar-refractivity contribution in [1.29, 1.82) is 0 Å². The first-order valence-electron chi connectivity index (χ1n) is 19.8. The quantitative estimate of drug-likeness (QED) is 0.260. The average molecular weight is 668 g/mol. The molecule has 5 aliphatic carbocycles. The van der Waals surface area contributed by atoms with Crippen molar-refractivity contribution < 1.29 is 14.3 Å². The first kappa shape index (κ1) is 33.5. The molecule has 1 amide bonds. The van der Waals surface area contributed by atoms with Gasteiger partial charge in [-0.05, 0) is 142 Å². The van der Waals surface area contributed by atoms with E-state index in [0.717, 1.165) is 74.8 Å². The Morgan fingerprint density at radius 3 is 2.39 bits per heavy atom. The first-order valence-corrected chi connectivity index (χ1v) is 19.8. The zero-order valence-electron chi connectivity index (χ0n) is 31.4. The van der Waals surface area contributed by atoms with Crippen LogP contribution >= 0.6 is 0 Å². The Balaban J connectivity index is 1.13. The second kappa shape index (κ2) is 11.2. The minimum absolute atomic E-state index is 0.00413. The van der Waals surface area contributed by atoms with Crippen LogP contribution in [0.25, 0.3) is 11.0 Å². The van der Waals surface area contributed by atoms with Crippen LogP contribution in [0.1, 0.15) is 137 Å². The Bertz CT molecular complexity index is 1640. The van der Waals surface area contributed by atoms with Crippen molar-refractivity contribution in [3.63, 3.8) is 0 Å². The second-order valence-corrected chi connectivity index (χ2v) is 19.1. The molecule has 49 heavy (non-hydrogen) atoms. The summed E-state index contributed by atoms with van der Waals surface area (Å²) < 4.78 is 5.99. The number of allylic oxidation sites excluding steroid dienone is 1. The van der Waals surface area contributed by atoms with Crippen molar-refractivity contribution >= 4 is 22.9 Å². The molecule has 2 aromatic rings. The number of aromatic amines is 1. The van der Waals surface area contributed by atoms with Gasteiger partial charge in [0.1, 0.15) is 11.9 Å². The van der Waals surface area contributed by atoms with Gasteiger partial charge in [0.05, 0.1) is 22.5 Å². The molecule has 1 aromatic heterocycles. The molecule has 6 fully saturated rings. The van der Waals surface area contributed by atoms with E-state index in [4.69, 9.17) is 9.72 Å². The Kier molecular flexibility index (Phi) is 7.65. The Morgan fingerprint density at radius 1 is 0.878 bits per heavy atom. The number of rotatable bonds is 4. The van der Waals surface area contributed by atoms with Crippen LogP contribution < -0.4 is 0 Å². The van der Waals surface area contributed by atoms with Crippen LogP contribution in [-0.4, -0.2) is 39.4 Å². The molecule has 1 saturated heterocycles. The van der Waals surface area contributed by atoms with Crippen molar-refractivity contribution in [1.82, 2.24) is 14.9 Å². The summed E-state index contributed by atoms with van der Waals surface area (Å²) in [6.07, 6.45) is 13.2. The summed E-state index contributed by atoms with van der Waals surface area (Å²) in [6, 6.07) is 8.29. The molecule has 0 radical (unpaired) electrons. The maximum atomic E-state index is 15.3. The molecule has 0 bridgehead atoms. The lowest BCUT2D eigenvalue weighted by Gasteiger charge is -2.73. The summed E-state index contributed by atoms with van der Waals surface area (Å²) in [7, 11) is 0. The fraction of sp³-hybridized carbons (Fsp3) is 0.744. The molecule has 6 nitrogen and oxygen atoms in total. The third-order valence-corrected chi connectivity index (χ3v) is 17.0. The lowest BCUT2D eigenvalue weighted by Crippen LogP contribution is -2.67. The maximum absolute atomic E-state index is 15.3. The SMILES string of the molecule is C=C(C)[C@@H]1CC[C@]2(C(=O)N3CCC[C@H]3c3nc4ccccc4[nH]3)CC[C@]3(C)[C@H](CC[C@@H]4[C@@]5(C)CC[C@H](OC(C)=O)C(C)(C)[C@@H]5CC[C@]43C)[C@@H]12. The summed E-state index contributed by atoms with van der Waals surface area (Å²) in [5.74, 6) is 3.70. The lowest BCUT2D eigenvalue weighted by atomic mass is 9.32. The van der Waals surface area contributed by atoms with Gasteiger partial charge in [0.2, 0.25) is 5.91 Å². The fourth-order valence-electron chi connectivity index (χ4n) is 14.6. The van der Waals surface area contributed by atoms with Crippen LogP contribution in [0.2, 0.25) is 0 Å². The molecule has 2 heterocycles. The molecule has 0 unspecified atom stereocenters. The predicted molar refractivity (Wildman–Crippen MR) is 194 cm³/mol. The van der Waals surface area contributed by atoms with Crippen LogP contribution in [0, 0.1) is 56.7 Å². The summed E-state index contributed by atoms with van der Waals surface area (Å²) in [5, 5.41) is 0. The van der Waals surface area contributed by atoms with Crippen molar-refractivity contribution in [2.75, 3.05) is 6.54 Å². The number of ether oxygens (including phenoxy) is 1. The summed E-state index contributed by atoms with van der Waals surface area (Å²) >= 11 is 0. The van der Waals surface area contributed by atoms with Gasteiger partial charge in [-0.2, -0.15) is 0 Å². The molecule has 266 valence electrons. The number of nitrogens with one attached hydrogen (secondary N) is 1. The van der Waals surface area contributed by atoms with Gasteiger partial charge in [-0.15, -0.1) is 0 Å². The van der Waals surface area contributed by atoms with Gasteiger partial charge in [0, 0.05) is 18.9 Å². The number of carbonyl (C=O) groups is 2. The molecule has 1 aromatic carbocycles. The monoisotopic (exact) mass is 667 g/mol. The van der Waals surface area contributed by atoms with E-state index >= 15 is 4.79 Å². The number of carbonyl (C=O) groups excluding carboxylic acids is 2. The summed E-state index contributed by atoms with van der Waals surface area (Å²) in [5.41, 5.74) is 3.61. The molecule has 1 aliphatic heterocycles. The largest absolute Gasteiger partial charge is 0.462 e. The fourth-order valence-corrected chi connectivity index (χ4v) is 14.6. The van der Waals surface area contributed by atoms with E-state index in [2.05, 4.69) is 76.2 Å².